The predicted molar refractivity (Wildman–Crippen MR) is 114 cm³/mol. The van der Waals surface area contributed by atoms with E-state index in [1.165, 1.54) is 42.3 Å². The van der Waals surface area contributed by atoms with Crippen LogP contribution >= 0.6 is 23.8 Å². The van der Waals surface area contributed by atoms with Crippen LogP contribution in [0, 0.1) is 10.1 Å². The number of para-hydroxylation sites is 1. The third-order valence-electron chi connectivity index (χ3n) is 4.59. The van der Waals surface area contributed by atoms with Crippen molar-refractivity contribution in [2.24, 2.45) is 0 Å². The lowest BCUT2D eigenvalue weighted by molar-refractivity contribution is -0.384. The molecular formula is C19H21ClN4O2S. The van der Waals surface area contributed by atoms with Crippen molar-refractivity contribution >= 4 is 46.0 Å². The van der Waals surface area contributed by atoms with Crippen molar-refractivity contribution in [3.8, 4) is 0 Å². The first kappa shape index (κ1) is 19.4. The van der Waals surface area contributed by atoms with Gasteiger partial charge in [-0.1, -0.05) is 29.8 Å². The van der Waals surface area contributed by atoms with Crippen molar-refractivity contribution in [2.75, 3.05) is 30.4 Å². The first-order valence-electron chi connectivity index (χ1n) is 8.74. The number of benzene rings is 2. The second-order valence-corrected chi connectivity index (χ2v) is 7.32. The van der Waals surface area contributed by atoms with E-state index in [-0.39, 0.29) is 5.69 Å². The van der Waals surface area contributed by atoms with Gasteiger partial charge in [-0.2, -0.15) is 0 Å². The molecule has 6 nitrogen and oxygen atoms in total. The number of nitro groups is 1. The highest BCUT2D eigenvalue weighted by Gasteiger charge is 2.17. The molecule has 2 aromatic rings. The molecule has 1 N–H and O–H groups in total. The number of nitro benzene ring substituents is 1. The molecule has 1 saturated heterocycles. The van der Waals surface area contributed by atoms with Crippen LogP contribution in [-0.4, -0.2) is 35.1 Å². The van der Waals surface area contributed by atoms with Crippen LogP contribution in [0.15, 0.2) is 42.5 Å². The number of rotatable bonds is 5. The Morgan fingerprint density at radius 2 is 2.00 bits per heavy atom. The molecule has 3 rings (SSSR count). The molecule has 0 aliphatic carbocycles. The molecule has 1 heterocycles. The first-order valence-corrected chi connectivity index (χ1v) is 9.53. The molecule has 0 atom stereocenters. The van der Waals surface area contributed by atoms with Crippen LogP contribution in [0.1, 0.15) is 18.4 Å². The van der Waals surface area contributed by atoms with E-state index in [0.717, 1.165) is 13.1 Å². The van der Waals surface area contributed by atoms with Crippen molar-refractivity contribution in [2.45, 2.75) is 19.4 Å². The van der Waals surface area contributed by atoms with Gasteiger partial charge in [0.05, 0.1) is 15.6 Å². The number of anilines is 2. The van der Waals surface area contributed by atoms with Crippen LogP contribution in [0.5, 0.6) is 0 Å². The monoisotopic (exact) mass is 404 g/mol. The van der Waals surface area contributed by atoms with Crippen LogP contribution in [0.2, 0.25) is 5.02 Å². The third-order valence-corrected chi connectivity index (χ3v) is 5.34. The average molecular weight is 405 g/mol. The molecule has 142 valence electrons. The molecule has 0 radical (unpaired) electrons. The molecular weight excluding hydrogens is 384 g/mol. The van der Waals surface area contributed by atoms with Crippen molar-refractivity contribution in [3.05, 3.63) is 63.2 Å². The maximum atomic E-state index is 11.0. The second kappa shape index (κ2) is 8.54. The van der Waals surface area contributed by atoms with Gasteiger partial charge in [-0.25, -0.2) is 0 Å². The van der Waals surface area contributed by atoms with Gasteiger partial charge in [0.15, 0.2) is 5.11 Å². The van der Waals surface area contributed by atoms with Gasteiger partial charge in [-0.3, -0.25) is 10.1 Å². The minimum atomic E-state index is -0.458. The Labute approximate surface area is 168 Å². The van der Waals surface area contributed by atoms with Gasteiger partial charge in [-0.15, -0.1) is 0 Å². The van der Waals surface area contributed by atoms with E-state index in [1.807, 2.05) is 18.0 Å². The number of thiocarbonyl (C=S) groups is 1. The van der Waals surface area contributed by atoms with Gasteiger partial charge in [0.1, 0.15) is 0 Å². The second-order valence-electron chi connectivity index (χ2n) is 6.53. The molecule has 0 saturated carbocycles. The Hall–Kier alpha value is -2.38. The zero-order chi connectivity index (χ0) is 19.4. The number of hydrogen-bond acceptors (Lipinski definition) is 4. The quantitative estimate of drug-likeness (QED) is 0.443. The minimum Gasteiger partial charge on any atom is -0.371 e. The van der Waals surface area contributed by atoms with Gasteiger partial charge in [0.2, 0.25) is 0 Å². The summed E-state index contributed by atoms with van der Waals surface area (Å²) in [5.41, 5.74) is 2.82. The van der Waals surface area contributed by atoms with Crippen molar-refractivity contribution in [1.82, 2.24) is 4.90 Å². The fourth-order valence-corrected chi connectivity index (χ4v) is 3.51. The summed E-state index contributed by atoms with van der Waals surface area (Å²) in [6, 6.07) is 12.6. The van der Waals surface area contributed by atoms with Crippen LogP contribution in [0.3, 0.4) is 0 Å². The summed E-state index contributed by atoms with van der Waals surface area (Å²) in [7, 11) is 1.89. The fraction of sp³-hybridized carbons (Fsp3) is 0.316. The summed E-state index contributed by atoms with van der Waals surface area (Å²) in [6.45, 7) is 2.78. The van der Waals surface area contributed by atoms with E-state index < -0.39 is 4.92 Å². The molecule has 0 aromatic heterocycles. The SMILES string of the molecule is CN(Cc1ccccc1N1CCCC1)C(=S)Nc1cc([N+](=O)[O-])ccc1Cl. The van der Waals surface area contributed by atoms with Gasteiger partial charge in [0.25, 0.3) is 5.69 Å². The van der Waals surface area contributed by atoms with Crippen molar-refractivity contribution in [3.63, 3.8) is 0 Å². The number of hydrogen-bond donors (Lipinski definition) is 1. The molecule has 1 aliphatic heterocycles. The summed E-state index contributed by atoms with van der Waals surface area (Å²) >= 11 is 11.6. The fourth-order valence-electron chi connectivity index (χ4n) is 3.17. The zero-order valence-corrected chi connectivity index (χ0v) is 16.6. The predicted octanol–water partition coefficient (Wildman–Crippen LogP) is 4.68. The summed E-state index contributed by atoms with van der Waals surface area (Å²) < 4.78 is 0. The molecule has 0 spiro atoms. The maximum Gasteiger partial charge on any atom is 0.271 e. The molecule has 1 fully saturated rings. The molecule has 0 bridgehead atoms. The molecule has 0 unspecified atom stereocenters. The summed E-state index contributed by atoms with van der Waals surface area (Å²) in [6.07, 6.45) is 2.44. The van der Waals surface area contributed by atoms with E-state index in [9.17, 15) is 10.1 Å². The molecule has 27 heavy (non-hydrogen) atoms. The van der Waals surface area contributed by atoms with Gasteiger partial charge >= 0.3 is 0 Å². The van der Waals surface area contributed by atoms with Gasteiger partial charge in [-0.05, 0) is 42.8 Å². The summed E-state index contributed by atoms with van der Waals surface area (Å²) in [5.74, 6) is 0. The highest BCUT2D eigenvalue weighted by Crippen LogP contribution is 2.28. The Balaban J connectivity index is 1.72. The van der Waals surface area contributed by atoms with Crippen LogP contribution in [0.4, 0.5) is 17.1 Å². The lowest BCUT2D eigenvalue weighted by atomic mass is 10.1. The molecule has 2 aromatic carbocycles. The average Bonchev–Trinajstić information content (AvgIpc) is 3.18. The largest absolute Gasteiger partial charge is 0.371 e. The van der Waals surface area contributed by atoms with E-state index in [2.05, 4.69) is 28.4 Å². The number of non-ortho nitro benzene ring substituents is 1. The standard InChI is InChI=1S/C19H21ClN4O2S/c1-22(13-14-6-2-3-7-18(14)23-10-4-5-11-23)19(27)21-17-12-15(24(25)26)8-9-16(17)20/h2-3,6-9,12H,4-5,10-11,13H2,1H3,(H,21,27). The van der Waals surface area contributed by atoms with Crippen LogP contribution in [0.25, 0.3) is 0 Å². The Kier molecular flexibility index (Phi) is 6.13. The van der Waals surface area contributed by atoms with E-state index in [4.69, 9.17) is 23.8 Å². The number of nitrogens with one attached hydrogen (secondary N) is 1. The Morgan fingerprint density at radius 1 is 1.30 bits per heavy atom. The van der Waals surface area contributed by atoms with Gasteiger partial charge < -0.3 is 15.1 Å². The lowest BCUT2D eigenvalue weighted by Crippen LogP contribution is -2.31. The molecule has 0 amide bonds. The molecule has 1 aliphatic rings. The topological polar surface area (TPSA) is 61.6 Å². The van der Waals surface area contributed by atoms with Gasteiger partial charge in [0, 0.05) is 44.5 Å². The lowest BCUT2D eigenvalue weighted by Gasteiger charge is -2.26. The zero-order valence-electron chi connectivity index (χ0n) is 15.0. The maximum absolute atomic E-state index is 11.0. The number of halogens is 1. The van der Waals surface area contributed by atoms with Crippen molar-refractivity contribution < 1.29 is 4.92 Å². The highest BCUT2D eigenvalue weighted by molar-refractivity contribution is 7.80. The highest BCUT2D eigenvalue weighted by atomic mass is 35.5. The van der Waals surface area contributed by atoms with E-state index >= 15 is 0 Å². The molecule has 8 heteroatoms. The normalized spacial score (nSPS) is 13.5. The number of nitrogens with zero attached hydrogens (tertiary/aromatic N) is 3. The van der Waals surface area contributed by atoms with E-state index in [0.29, 0.717) is 22.4 Å². The summed E-state index contributed by atoms with van der Waals surface area (Å²) in [4.78, 5) is 14.8. The summed E-state index contributed by atoms with van der Waals surface area (Å²) in [5, 5.41) is 14.8. The van der Waals surface area contributed by atoms with Crippen LogP contribution < -0.4 is 10.2 Å². The third kappa shape index (κ3) is 4.67. The smallest absolute Gasteiger partial charge is 0.271 e. The van der Waals surface area contributed by atoms with Crippen LogP contribution in [-0.2, 0) is 6.54 Å². The van der Waals surface area contributed by atoms with Crippen molar-refractivity contribution in [1.29, 1.82) is 0 Å². The Bertz CT molecular complexity index is 855. The minimum absolute atomic E-state index is 0.0354. The Morgan fingerprint density at radius 3 is 2.70 bits per heavy atom. The first-order chi connectivity index (χ1) is 13.0. The van der Waals surface area contributed by atoms with E-state index in [1.54, 1.807) is 0 Å².